The number of aliphatic imine (C=N–C) groups is 1. The Labute approximate surface area is 70.7 Å². The second-order valence-corrected chi connectivity index (χ2v) is 3.77. The van der Waals surface area contributed by atoms with Crippen LogP contribution >= 0.6 is 11.8 Å². The van der Waals surface area contributed by atoms with E-state index < -0.39 is 0 Å². The normalized spacial score (nSPS) is 24.4. The SMILES string of the molecule is CCSC1N=C(C)CC(=O)N1. The molecule has 0 saturated heterocycles. The number of hydrogen-bond acceptors (Lipinski definition) is 3. The minimum atomic E-state index is -0.0405. The first-order valence-electron chi connectivity index (χ1n) is 3.66. The number of hydrogen-bond donors (Lipinski definition) is 1. The van der Waals surface area contributed by atoms with E-state index in [1.54, 1.807) is 11.8 Å². The van der Waals surface area contributed by atoms with Crippen LogP contribution in [0.25, 0.3) is 0 Å². The summed E-state index contributed by atoms with van der Waals surface area (Å²) in [5.74, 6) is 1.06. The first-order valence-corrected chi connectivity index (χ1v) is 4.71. The third-order valence-electron chi connectivity index (χ3n) is 1.36. The predicted octanol–water partition coefficient (Wildman–Crippen LogP) is 1.00. The largest absolute Gasteiger partial charge is 0.325 e. The zero-order valence-electron chi connectivity index (χ0n) is 6.76. The Morgan fingerprint density at radius 1 is 1.82 bits per heavy atom. The van der Waals surface area contributed by atoms with E-state index in [0.29, 0.717) is 6.42 Å². The second-order valence-electron chi connectivity index (χ2n) is 2.42. The van der Waals surface area contributed by atoms with Gasteiger partial charge in [0.05, 0.1) is 6.42 Å². The van der Waals surface area contributed by atoms with Crippen molar-refractivity contribution in [3.8, 4) is 0 Å². The quantitative estimate of drug-likeness (QED) is 0.675. The Hall–Kier alpha value is -0.510. The molecule has 1 rings (SSSR count). The average molecular weight is 172 g/mol. The summed E-state index contributed by atoms with van der Waals surface area (Å²) in [5, 5.41) is 2.78. The van der Waals surface area contributed by atoms with Gasteiger partial charge in [-0.15, -0.1) is 11.8 Å². The molecule has 0 fully saturated rings. The molecule has 1 amide bonds. The maximum atomic E-state index is 11.0. The van der Waals surface area contributed by atoms with Crippen LogP contribution in [0.4, 0.5) is 0 Å². The van der Waals surface area contributed by atoms with Crippen LogP contribution in [0.2, 0.25) is 0 Å². The molecule has 3 nitrogen and oxygen atoms in total. The van der Waals surface area contributed by atoms with Crippen LogP contribution in [0, 0.1) is 0 Å². The van der Waals surface area contributed by atoms with Crippen molar-refractivity contribution >= 4 is 23.4 Å². The number of rotatable bonds is 2. The molecule has 11 heavy (non-hydrogen) atoms. The average Bonchev–Trinajstić information content (AvgIpc) is 1.85. The van der Waals surface area contributed by atoms with Gasteiger partial charge in [-0.05, 0) is 12.7 Å². The molecule has 0 spiro atoms. The van der Waals surface area contributed by atoms with Gasteiger partial charge in [-0.1, -0.05) is 6.92 Å². The van der Waals surface area contributed by atoms with Crippen LogP contribution < -0.4 is 5.32 Å². The van der Waals surface area contributed by atoms with Crippen molar-refractivity contribution < 1.29 is 4.79 Å². The van der Waals surface area contributed by atoms with Crippen LogP contribution in [0.3, 0.4) is 0 Å². The van der Waals surface area contributed by atoms with Crippen LogP contribution in [-0.4, -0.2) is 22.9 Å². The van der Waals surface area contributed by atoms with Gasteiger partial charge in [0, 0.05) is 5.71 Å². The van der Waals surface area contributed by atoms with Gasteiger partial charge < -0.3 is 5.32 Å². The number of amides is 1. The fraction of sp³-hybridized carbons (Fsp3) is 0.714. The van der Waals surface area contributed by atoms with E-state index in [9.17, 15) is 4.79 Å². The van der Waals surface area contributed by atoms with E-state index in [0.717, 1.165) is 11.5 Å². The summed E-state index contributed by atoms with van der Waals surface area (Å²) in [4.78, 5) is 15.2. The van der Waals surface area contributed by atoms with Crippen molar-refractivity contribution in [3.63, 3.8) is 0 Å². The molecule has 62 valence electrons. The highest BCUT2D eigenvalue weighted by molar-refractivity contribution is 7.99. The number of carbonyl (C=O) groups excluding carboxylic acids is 1. The Morgan fingerprint density at radius 2 is 2.55 bits per heavy atom. The minimum Gasteiger partial charge on any atom is -0.325 e. The maximum absolute atomic E-state index is 11.0. The molecule has 1 aliphatic rings. The minimum absolute atomic E-state index is 0.0405. The van der Waals surface area contributed by atoms with Crippen molar-refractivity contribution in [1.29, 1.82) is 0 Å². The topological polar surface area (TPSA) is 41.5 Å². The van der Waals surface area contributed by atoms with Gasteiger partial charge in [-0.2, -0.15) is 0 Å². The van der Waals surface area contributed by atoms with Crippen LogP contribution in [0.15, 0.2) is 4.99 Å². The zero-order valence-corrected chi connectivity index (χ0v) is 7.57. The molecule has 0 aromatic rings. The summed E-state index contributed by atoms with van der Waals surface area (Å²) in [6, 6.07) is 0. The molecule has 4 heteroatoms. The lowest BCUT2D eigenvalue weighted by Gasteiger charge is -2.18. The molecule has 1 unspecified atom stereocenters. The summed E-state index contributed by atoms with van der Waals surface area (Å²) >= 11 is 1.64. The van der Waals surface area contributed by atoms with Gasteiger partial charge in [0.15, 0.2) is 5.50 Å². The van der Waals surface area contributed by atoms with E-state index in [1.807, 2.05) is 6.92 Å². The molecule has 1 aliphatic heterocycles. The summed E-state index contributed by atoms with van der Waals surface area (Å²) < 4.78 is 0. The Morgan fingerprint density at radius 3 is 3.09 bits per heavy atom. The smallest absolute Gasteiger partial charge is 0.227 e. The van der Waals surface area contributed by atoms with Crippen molar-refractivity contribution in [2.75, 3.05) is 5.75 Å². The third-order valence-corrected chi connectivity index (χ3v) is 2.24. The van der Waals surface area contributed by atoms with Gasteiger partial charge >= 0.3 is 0 Å². The van der Waals surface area contributed by atoms with Gasteiger partial charge in [0.25, 0.3) is 0 Å². The highest BCUT2D eigenvalue weighted by Gasteiger charge is 2.16. The number of nitrogens with zero attached hydrogens (tertiary/aromatic N) is 1. The first kappa shape index (κ1) is 8.59. The highest BCUT2D eigenvalue weighted by atomic mass is 32.2. The van der Waals surface area contributed by atoms with E-state index in [-0.39, 0.29) is 11.4 Å². The molecule has 0 bridgehead atoms. The lowest BCUT2D eigenvalue weighted by atomic mass is 10.2. The molecule has 0 aromatic carbocycles. The lowest BCUT2D eigenvalue weighted by Crippen LogP contribution is -2.37. The van der Waals surface area contributed by atoms with Crippen molar-refractivity contribution in [3.05, 3.63) is 0 Å². The molecule has 1 atom stereocenters. The standard InChI is InChI=1S/C7H12N2OS/c1-3-11-7-8-5(2)4-6(10)9-7/h7H,3-4H2,1-2H3,(H,9,10). The molecule has 0 aliphatic carbocycles. The van der Waals surface area contributed by atoms with E-state index in [2.05, 4.69) is 17.2 Å². The Kier molecular flexibility index (Phi) is 2.93. The van der Waals surface area contributed by atoms with Gasteiger partial charge in [0.2, 0.25) is 5.91 Å². The van der Waals surface area contributed by atoms with Crippen molar-refractivity contribution in [2.45, 2.75) is 25.8 Å². The number of nitrogens with one attached hydrogen (secondary N) is 1. The molecule has 1 N–H and O–H groups in total. The molecular weight excluding hydrogens is 160 g/mol. The van der Waals surface area contributed by atoms with Crippen LogP contribution in [0.5, 0.6) is 0 Å². The molecule has 0 aromatic heterocycles. The monoisotopic (exact) mass is 172 g/mol. The maximum Gasteiger partial charge on any atom is 0.227 e. The predicted molar refractivity (Wildman–Crippen MR) is 47.8 cm³/mol. The van der Waals surface area contributed by atoms with Crippen LogP contribution in [-0.2, 0) is 4.79 Å². The van der Waals surface area contributed by atoms with Gasteiger partial charge in [-0.3, -0.25) is 9.79 Å². The van der Waals surface area contributed by atoms with Crippen molar-refractivity contribution in [2.24, 2.45) is 4.99 Å². The van der Waals surface area contributed by atoms with E-state index >= 15 is 0 Å². The zero-order chi connectivity index (χ0) is 8.27. The molecule has 1 heterocycles. The molecule has 0 saturated carbocycles. The van der Waals surface area contributed by atoms with Crippen LogP contribution in [0.1, 0.15) is 20.3 Å². The highest BCUT2D eigenvalue weighted by Crippen LogP contribution is 2.12. The summed E-state index contributed by atoms with van der Waals surface area (Å²) in [6.45, 7) is 3.94. The summed E-state index contributed by atoms with van der Waals surface area (Å²) in [5.41, 5.74) is 0.890. The fourth-order valence-corrected chi connectivity index (χ4v) is 1.72. The number of carbonyl (C=O) groups is 1. The Bertz CT molecular complexity index is 191. The lowest BCUT2D eigenvalue weighted by molar-refractivity contribution is -0.120. The van der Waals surface area contributed by atoms with Gasteiger partial charge in [-0.25, -0.2) is 0 Å². The van der Waals surface area contributed by atoms with E-state index in [4.69, 9.17) is 0 Å². The Balaban J connectivity index is 2.54. The fourth-order valence-electron chi connectivity index (χ4n) is 0.936. The first-order chi connectivity index (χ1) is 5.22. The molecular formula is C7H12N2OS. The second kappa shape index (κ2) is 3.76. The van der Waals surface area contributed by atoms with Gasteiger partial charge in [0.1, 0.15) is 0 Å². The van der Waals surface area contributed by atoms with E-state index in [1.165, 1.54) is 0 Å². The third kappa shape index (κ3) is 2.54. The molecule has 0 radical (unpaired) electrons. The number of thioether (sulfide) groups is 1. The summed E-state index contributed by atoms with van der Waals surface area (Å²) in [7, 11) is 0. The van der Waals surface area contributed by atoms with Crippen molar-refractivity contribution in [1.82, 2.24) is 5.32 Å². The summed E-state index contributed by atoms with van der Waals surface area (Å²) in [6.07, 6.45) is 0.459.